The van der Waals surface area contributed by atoms with E-state index in [-0.39, 0.29) is 5.82 Å². The molecule has 0 spiro atoms. The standard InChI is InChI=1S/C17H19FN2/c1-2-19-10-15-16(18)8-5-9-17(15)20-11-13-6-3-4-7-14(13)12-20/h3-9,19H,2,10-12H2,1H3. The molecule has 0 aromatic heterocycles. The predicted octanol–water partition coefficient (Wildman–Crippen LogP) is 3.46. The van der Waals surface area contributed by atoms with Crippen LogP contribution in [0.2, 0.25) is 0 Å². The van der Waals surface area contributed by atoms with Crippen LogP contribution < -0.4 is 10.2 Å². The molecule has 3 rings (SSSR count). The third-order valence-corrected chi connectivity index (χ3v) is 3.83. The molecule has 1 N–H and O–H groups in total. The Morgan fingerprint density at radius 1 is 1.05 bits per heavy atom. The van der Waals surface area contributed by atoms with Crippen LogP contribution in [0.4, 0.5) is 10.1 Å². The second kappa shape index (κ2) is 5.63. The van der Waals surface area contributed by atoms with Gasteiger partial charge < -0.3 is 10.2 Å². The van der Waals surface area contributed by atoms with Gasteiger partial charge in [0, 0.05) is 30.9 Å². The maximum Gasteiger partial charge on any atom is 0.129 e. The lowest BCUT2D eigenvalue weighted by Crippen LogP contribution is -2.20. The Labute approximate surface area is 119 Å². The van der Waals surface area contributed by atoms with Gasteiger partial charge in [-0.05, 0) is 29.8 Å². The van der Waals surface area contributed by atoms with Crippen molar-refractivity contribution in [3.63, 3.8) is 0 Å². The van der Waals surface area contributed by atoms with Crippen molar-refractivity contribution in [1.82, 2.24) is 5.32 Å². The van der Waals surface area contributed by atoms with Gasteiger partial charge in [-0.1, -0.05) is 37.3 Å². The molecular weight excluding hydrogens is 251 g/mol. The molecule has 2 aromatic carbocycles. The molecule has 0 saturated heterocycles. The van der Waals surface area contributed by atoms with Crippen LogP contribution in [0.1, 0.15) is 23.6 Å². The minimum atomic E-state index is -0.126. The van der Waals surface area contributed by atoms with Crippen molar-refractivity contribution in [2.45, 2.75) is 26.6 Å². The molecular formula is C17H19FN2. The summed E-state index contributed by atoms with van der Waals surface area (Å²) in [6, 6.07) is 13.8. The van der Waals surface area contributed by atoms with E-state index >= 15 is 0 Å². The highest BCUT2D eigenvalue weighted by atomic mass is 19.1. The summed E-state index contributed by atoms with van der Waals surface area (Å²) in [7, 11) is 0. The monoisotopic (exact) mass is 270 g/mol. The molecule has 0 fully saturated rings. The Morgan fingerprint density at radius 3 is 2.40 bits per heavy atom. The SMILES string of the molecule is CCNCc1c(F)cccc1N1Cc2ccccc2C1. The van der Waals surface area contributed by atoms with Crippen LogP contribution in [-0.4, -0.2) is 6.54 Å². The van der Waals surface area contributed by atoms with Gasteiger partial charge in [-0.15, -0.1) is 0 Å². The number of hydrogen-bond acceptors (Lipinski definition) is 2. The van der Waals surface area contributed by atoms with Crippen LogP contribution >= 0.6 is 0 Å². The van der Waals surface area contributed by atoms with Crippen molar-refractivity contribution in [2.75, 3.05) is 11.4 Å². The summed E-state index contributed by atoms with van der Waals surface area (Å²) in [6.45, 7) is 5.17. The van der Waals surface area contributed by atoms with Gasteiger partial charge in [0.25, 0.3) is 0 Å². The van der Waals surface area contributed by atoms with Crippen molar-refractivity contribution in [3.05, 3.63) is 65.0 Å². The summed E-state index contributed by atoms with van der Waals surface area (Å²) < 4.78 is 14.1. The molecule has 1 heterocycles. The van der Waals surface area contributed by atoms with Gasteiger partial charge >= 0.3 is 0 Å². The number of hydrogen-bond donors (Lipinski definition) is 1. The van der Waals surface area contributed by atoms with Crippen molar-refractivity contribution < 1.29 is 4.39 Å². The quantitative estimate of drug-likeness (QED) is 0.915. The highest BCUT2D eigenvalue weighted by molar-refractivity contribution is 5.57. The first kappa shape index (κ1) is 13.1. The number of anilines is 1. The van der Waals surface area contributed by atoms with Crippen molar-refractivity contribution in [1.29, 1.82) is 0 Å². The van der Waals surface area contributed by atoms with Crippen LogP contribution in [0, 0.1) is 5.82 Å². The van der Waals surface area contributed by atoms with E-state index in [2.05, 4.69) is 34.5 Å². The van der Waals surface area contributed by atoms with E-state index in [1.54, 1.807) is 12.1 Å². The van der Waals surface area contributed by atoms with E-state index in [0.29, 0.717) is 6.54 Å². The lowest BCUT2D eigenvalue weighted by atomic mass is 10.1. The van der Waals surface area contributed by atoms with Gasteiger partial charge in [0.1, 0.15) is 5.82 Å². The highest BCUT2D eigenvalue weighted by Gasteiger charge is 2.21. The van der Waals surface area contributed by atoms with Crippen molar-refractivity contribution in [3.8, 4) is 0 Å². The number of rotatable bonds is 4. The molecule has 0 bridgehead atoms. The molecule has 104 valence electrons. The van der Waals surface area contributed by atoms with E-state index in [1.807, 2.05) is 13.0 Å². The number of halogens is 1. The minimum absolute atomic E-state index is 0.126. The van der Waals surface area contributed by atoms with Gasteiger partial charge in [-0.25, -0.2) is 4.39 Å². The molecule has 0 aliphatic carbocycles. The Morgan fingerprint density at radius 2 is 1.75 bits per heavy atom. The smallest absolute Gasteiger partial charge is 0.129 e. The first-order chi connectivity index (χ1) is 9.79. The van der Waals surface area contributed by atoms with Crippen molar-refractivity contribution in [2.24, 2.45) is 0 Å². The third-order valence-electron chi connectivity index (χ3n) is 3.83. The molecule has 2 aromatic rings. The Hall–Kier alpha value is -1.87. The molecule has 3 heteroatoms. The maximum absolute atomic E-state index is 14.1. The zero-order chi connectivity index (χ0) is 13.9. The normalized spacial score (nSPS) is 13.6. The van der Waals surface area contributed by atoms with E-state index in [9.17, 15) is 4.39 Å². The first-order valence-electron chi connectivity index (χ1n) is 7.09. The largest absolute Gasteiger partial charge is 0.363 e. The van der Waals surface area contributed by atoms with Gasteiger partial charge in [-0.3, -0.25) is 0 Å². The summed E-state index contributed by atoms with van der Waals surface area (Å²) in [5, 5.41) is 3.22. The Bertz CT molecular complexity index is 585. The van der Waals surface area contributed by atoms with Gasteiger partial charge in [0.15, 0.2) is 0 Å². The summed E-state index contributed by atoms with van der Waals surface area (Å²) >= 11 is 0. The summed E-state index contributed by atoms with van der Waals surface area (Å²) in [4.78, 5) is 2.25. The highest BCUT2D eigenvalue weighted by Crippen LogP contribution is 2.31. The summed E-state index contributed by atoms with van der Waals surface area (Å²) in [6.07, 6.45) is 0. The molecule has 1 aliphatic rings. The van der Waals surface area contributed by atoms with Crippen LogP contribution in [-0.2, 0) is 19.6 Å². The lowest BCUT2D eigenvalue weighted by Gasteiger charge is -2.22. The molecule has 0 saturated carbocycles. The van der Waals surface area contributed by atoms with E-state index in [0.717, 1.165) is 30.9 Å². The summed E-state index contributed by atoms with van der Waals surface area (Å²) in [5.74, 6) is -0.126. The van der Waals surface area contributed by atoms with E-state index in [4.69, 9.17) is 0 Å². The maximum atomic E-state index is 14.1. The fraction of sp³-hybridized carbons (Fsp3) is 0.294. The average Bonchev–Trinajstić information content (AvgIpc) is 2.89. The number of fused-ring (bicyclic) bond motifs is 1. The molecule has 1 aliphatic heterocycles. The van der Waals surface area contributed by atoms with Crippen LogP contribution in [0.15, 0.2) is 42.5 Å². The summed E-state index contributed by atoms with van der Waals surface area (Å²) in [5.41, 5.74) is 4.45. The van der Waals surface area contributed by atoms with Crippen molar-refractivity contribution >= 4 is 5.69 Å². The van der Waals surface area contributed by atoms with E-state index in [1.165, 1.54) is 11.1 Å². The average molecular weight is 270 g/mol. The topological polar surface area (TPSA) is 15.3 Å². The fourth-order valence-electron chi connectivity index (χ4n) is 2.77. The Balaban J connectivity index is 1.90. The molecule has 0 atom stereocenters. The third kappa shape index (κ3) is 2.41. The zero-order valence-corrected chi connectivity index (χ0v) is 11.7. The van der Waals surface area contributed by atoms with Gasteiger partial charge in [-0.2, -0.15) is 0 Å². The predicted molar refractivity (Wildman–Crippen MR) is 80.1 cm³/mol. The zero-order valence-electron chi connectivity index (χ0n) is 11.7. The van der Waals surface area contributed by atoms with Gasteiger partial charge in [0.2, 0.25) is 0 Å². The second-order valence-electron chi connectivity index (χ2n) is 5.14. The van der Waals surface area contributed by atoms with Crippen LogP contribution in [0.3, 0.4) is 0 Å². The number of nitrogens with zero attached hydrogens (tertiary/aromatic N) is 1. The van der Waals surface area contributed by atoms with Gasteiger partial charge in [0.05, 0.1) is 0 Å². The molecule has 0 amide bonds. The molecule has 20 heavy (non-hydrogen) atoms. The Kier molecular flexibility index (Phi) is 3.70. The second-order valence-corrected chi connectivity index (χ2v) is 5.14. The van der Waals surface area contributed by atoms with E-state index < -0.39 is 0 Å². The van der Waals surface area contributed by atoms with Crippen LogP contribution in [0.5, 0.6) is 0 Å². The molecule has 0 unspecified atom stereocenters. The first-order valence-corrected chi connectivity index (χ1v) is 7.09. The van der Waals surface area contributed by atoms with Crippen LogP contribution in [0.25, 0.3) is 0 Å². The fourth-order valence-corrected chi connectivity index (χ4v) is 2.77. The number of nitrogens with one attached hydrogen (secondary N) is 1. The lowest BCUT2D eigenvalue weighted by molar-refractivity contribution is 0.591. The molecule has 2 nitrogen and oxygen atoms in total. The number of benzene rings is 2. The minimum Gasteiger partial charge on any atom is -0.363 e. The molecule has 0 radical (unpaired) electrons.